The Kier molecular flexibility index (Phi) is 5.08. The Morgan fingerprint density at radius 3 is 2.73 bits per heavy atom. The standard InChI is InChI=1S/C15H18FN3O3/c1-3-4-10(2)17-13(20)9-19-15(21)22-14(18-19)11-5-7-12(16)8-6-11/h5-8,10H,3-4,9H2,1-2H3,(H,17,20). The lowest BCUT2D eigenvalue weighted by Crippen LogP contribution is -2.37. The molecular weight excluding hydrogens is 289 g/mol. The molecule has 2 aromatic rings. The first-order valence-corrected chi connectivity index (χ1v) is 7.13. The monoisotopic (exact) mass is 307 g/mol. The Labute approximate surface area is 126 Å². The molecule has 1 amide bonds. The molecule has 0 saturated carbocycles. The predicted molar refractivity (Wildman–Crippen MR) is 78.7 cm³/mol. The number of hydrogen-bond donors (Lipinski definition) is 1. The van der Waals surface area contributed by atoms with E-state index < -0.39 is 11.6 Å². The van der Waals surface area contributed by atoms with Gasteiger partial charge in [-0.05, 0) is 37.6 Å². The number of rotatable bonds is 6. The van der Waals surface area contributed by atoms with Crippen LogP contribution in [0, 0.1) is 5.82 Å². The summed E-state index contributed by atoms with van der Waals surface area (Å²) in [6.45, 7) is 3.72. The van der Waals surface area contributed by atoms with Crippen LogP contribution in [0.1, 0.15) is 26.7 Å². The maximum absolute atomic E-state index is 12.9. The molecule has 1 unspecified atom stereocenters. The van der Waals surface area contributed by atoms with Gasteiger partial charge in [0.25, 0.3) is 0 Å². The molecule has 1 atom stereocenters. The van der Waals surface area contributed by atoms with Gasteiger partial charge >= 0.3 is 5.76 Å². The van der Waals surface area contributed by atoms with Crippen molar-refractivity contribution in [1.29, 1.82) is 0 Å². The molecule has 0 aliphatic heterocycles. The first-order valence-electron chi connectivity index (χ1n) is 7.13. The van der Waals surface area contributed by atoms with Crippen molar-refractivity contribution < 1.29 is 13.6 Å². The zero-order valence-corrected chi connectivity index (χ0v) is 12.5. The molecule has 2 rings (SSSR count). The molecule has 0 saturated heterocycles. The number of hydrogen-bond acceptors (Lipinski definition) is 4. The van der Waals surface area contributed by atoms with Gasteiger partial charge in [-0.3, -0.25) is 4.79 Å². The number of carbonyl (C=O) groups is 1. The molecule has 1 aromatic heterocycles. The van der Waals surface area contributed by atoms with E-state index in [1.165, 1.54) is 24.3 Å². The van der Waals surface area contributed by atoms with Crippen molar-refractivity contribution >= 4 is 5.91 Å². The van der Waals surface area contributed by atoms with Crippen molar-refractivity contribution in [2.24, 2.45) is 0 Å². The SMILES string of the molecule is CCCC(C)NC(=O)Cn1nc(-c2ccc(F)cc2)oc1=O. The van der Waals surface area contributed by atoms with Gasteiger partial charge in [0.05, 0.1) is 0 Å². The molecule has 0 spiro atoms. The second-order valence-corrected chi connectivity index (χ2v) is 5.09. The molecule has 1 heterocycles. The zero-order chi connectivity index (χ0) is 16.1. The Hall–Kier alpha value is -2.44. The summed E-state index contributed by atoms with van der Waals surface area (Å²) in [5.41, 5.74) is 0.469. The summed E-state index contributed by atoms with van der Waals surface area (Å²) in [6.07, 6.45) is 1.82. The van der Waals surface area contributed by atoms with Crippen LogP contribution in [0.3, 0.4) is 0 Å². The number of carbonyl (C=O) groups excluding carboxylic acids is 1. The normalized spacial score (nSPS) is 12.1. The van der Waals surface area contributed by atoms with E-state index in [2.05, 4.69) is 10.4 Å². The molecule has 0 aliphatic carbocycles. The highest BCUT2D eigenvalue weighted by Crippen LogP contribution is 2.15. The van der Waals surface area contributed by atoms with Gasteiger partial charge in [-0.15, -0.1) is 5.10 Å². The predicted octanol–water partition coefficient (Wildman–Crippen LogP) is 1.95. The fourth-order valence-corrected chi connectivity index (χ4v) is 2.08. The van der Waals surface area contributed by atoms with Gasteiger partial charge in [-0.1, -0.05) is 13.3 Å². The zero-order valence-electron chi connectivity index (χ0n) is 12.5. The summed E-state index contributed by atoms with van der Waals surface area (Å²) in [7, 11) is 0. The van der Waals surface area contributed by atoms with Crippen molar-refractivity contribution in [3.63, 3.8) is 0 Å². The maximum atomic E-state index is 12.9. The van der Waals surface area contributed by atoms with E-state index in [4.69, 9.17) is 4.42 Å². The minimum Gasteiger partial charge on any atom is -0.388 e. The van der Waals surface area contributed by atoms with Crippen molar-refractivity contribution in [1.82, 2.24) is 15.1 Å². The molecule has 118 valence electrons. The second kappa shape index (κ2) is 7.02. The van der Waals surface area contributed by atoms with Crippen molar-refractivity contribution in [2.45, 2.75) is 39.3 Å². The lowest BCUT2D eigenvalue weighted by Gasteiger charge is -2.11. The summed E-state index contributed by atoms with van der Waals surface area (Å²) in [6, 6.07) is 5.43. The van der Waals surface area contributed by atoms with Crippen LogP contribution in [-0.4, -0.2) is 21.7 Å². The molecule has 0 radical (unpaired) electrons. The summed E-state index contributed by atoms with van der Waals surface area (Å²) >= 11 is 0. The van der Waals surface area contributed by atoms with E-state index in [1.54, 1.807) is 0 Å². The largest absolute Gasteiger partial charge is 0.437 e. The summed E-state index contributed by atoms with van der Waals surface area (Å²) < 4.78 is 18.8. The topological polar surface area (TPSA) is 77.1 Å². The van der Waals surface area contributed by atoms with E-state index >= 15 is 0 Å². The van der Waals surface area contributed by atoms with Crippen LogP contribution in [0.5, 0.6) is 0 Å². The average Bonchev–Trinajstić information content (AvgIpc) is 2.81. The molecular formula is C15H18FN3O3. The summed E-state index contributed by atoms with van der Waals surface area (Å²) in [5.74, 6) is -1.37. The number of nitrogens with zero attached hydrogens (tertiary/aromatic N) is 2. The summed E-state index contributed by atoms with van der Waals surface area (Å²) in [5, 5.41) is 6.74. The lowest BCUT2D eigenvalue weighted by molar-refractivity contribution is -0.122. The number of amides is 1. The van der Waals surface area contributed by atoms with Gasteiger partial charge in [0.1, 0.15) is 12.4 Å². The van der Waals surface area contributed by atoms with E-state index in [-0.39, 0.29) is 24.4 Å². The molecule has 0 fully saturated rings. The van der Waals surface area contributed by atoms with E-state index in [0.29, 0.717) is 5.56 Å². The first kappa shape index (κ1) is 15.9. The van der Waals surface area contributed by atoms with E-state index in [0.717, 1.165) is 17.5 Å². The van der Waals surface area contributed by atoms with Crippen LogP contribution in [-0.2, 0) is 11.3 Å². The number of halogens is 1. The van der Waals surface area contributed by atoms with Gasteiger partial charge in [0.15, 0.2) is 0 Å². The van der Waals surface area contributed by atoms with Crippen molar-refractivity contribution in [3.8, 4) is 11.5 Å². The second-order valence-electron chi connectivity index (χ2n) is 5.09. The van der Waals surface area contributed by atoms with Crippen LogP contribution in [0.15, 0.2) is 33.5 Å². The number of nitrogens with one attached hydrogen (secondary N) is 1. The van der Waals surface area contributed by atoms with Gasteiger partial charge in [0.2, 0.25) is 11.8 Å². The third kappa shape index (κ3) is 4.03. The molecule has 7 heteroatoms. The Balaban J connectivity index is 2.08. The summed E-state index contributed by atoms with van der Waals surface area (Å²) in [4.78, 5) is 23.5. The third-order valence-electron chi connectivity index (χ3n) is 3.12. The van der Waals surface area contributed by atoms with Crippen LogP contribution < -0.4 is 11.1 Å². The number of aromatic nitrogens is 2. The van der Waals surface area contributed by atoms with Crippen LogP contribution in [0.2, 0.25) is 0 Å². The molecule has 1 aromatic carbocycles. The molecule has 22 heavy (non-hydrogen) atoms. The molecule has 6 nitrogen and oxygen atoms in total. The first-order chi connectivity index (χ1) is 10.5. The Morgan fingerprint density at radius 1 is 1.41 bits per heavy atom. The number of benzene rings is 1. The quantitative estimate of drug-likeness (QED) is 0.885. The Morgan fingerprint density at radius 2 is 2.09 bits per heavy atom. The third-order valence-corrected chi connectivity index (χ3v) is 3.12. The van der Waals surface area contributed by atoms with Crippen LogP contribution >= 0.6 is 0 Å². The highest BCUT2D eigenvalue weighted by Gasteiger charge is 2.14. The minimum absolute atomic E-state index is 0.0386. The highest BCUT2D eigenvalue weighted by atomic mass is 19.1. The fourth-order valence-electron chi connectivity index (χ4n) is 2.08. The Bertz CT molecular complexity index is 691. The molecule has 1 N–H and O–H groups in total. The van der Waals surface area contributed by atoms with Gasteiger partial charge < -0.3 is 9.73 Å². The fraction of sp³-hybridized carbons (Fsp3) is 0.400. The van der Waals surface area contributed by atoms with Crippen molar-refractivity contribution in [3.05, 3.63) is 40.6 Å². The highest BCUT2D eigenvalue weighted by molar-refractivity contribution is 5.75. The van der Waals surface area contributed by atoms with Crippen LogP contribution in [0.4, 0.5) is 4.39 Å². The maximum Gasteiger partial charge on any atom is 0.437 e. The van der Waals surface area contributed by atoms with Gasteiger partial charge in [-0.25, -0.2) is 9.18 Å². The molecule has 0 aliphatic rings. The average molecular weight is 307 g/mol. The smallest absolute Gasteiger partial charge is 0.388 e. The minimum atomic E-state index is -0.724. The van der Waals surface area contributed by atoms with Crippen molar-refractivity contribution in [2.75, 3.05) is 0 Å². The van der Waals surface area contributed by atoms with E-state index in [9.17, 15) is 14.0 Å². The van der Waals surface area contributed by atoms with Crippen LogP contribution in [0.25, 0.3) is 11.5 Å². The van der Waals surface area contributed by atoms with Gasteiger partial charge in [-0.2, -0.15) is 4.68 Å². The van der Waals surface area contributed by atoms with Gasteiger partial charge in [0, 0.05) is 11.6 Å². The molecule has 0 bridgehead atoms. The lowest BCUT2D eigenvalue weighted by atomic mass is 10.2. The van der Waals surface area contributed by atoms with E-state index in [1.807, 2.05) is 13.8 Å².